The maximum Gasteiger partial charge on any atom is 0.238 e. The van der Waals surface area contributed by atoms with Crippen molar-refractivity contribution in [1.29, 1.82) is 0 Å². The lowest BCUT2D eigenvalue weighted by Crippen LogP contribution is -2.60. The zero-order chi connectivity index (χ0) is 26.3. The molecule has 0 aromatic heterocycles. The van der Waals surface area contributed by atoms with Crippen LogP contribution >= 0.6 is 0 Å². The number of anilines is 2. The first-order chi connectivity index (χ1) is 18.4. The van der Waals surface area contributed by atoms with Crippen LogP contribution < -0.4 is 9.80 Å². The molecule has 5 aliphatic rings. The summed E-state index contributed by atoms with van der Waals surface area (Å²) in [5.74, 6) is -4.73. The van der Waals surface area contributed by atoms with E-state index in [9.17, 15) is 19.2 Å². The molecular weight excluding hydrogens is 476 g/mol. The molecule has 2 aliphatic heterocycles. The fourth-order valence-corrected chi connectivity index (χ4v) is 7.58. The summed E-state index contributed by atoms with van der Waals surface area (Å²) in [6.45, 7) is 3.75. The SMILES string of the molecule is Cc1ccccc1N1C(=O)[C@@H]2[C@@H](C1=O)C1C=CC2(c2ccccc2)[C@H]2C(=O)N(c3ccccc3C)C(=O)[C@H]12. The number of nitrogens with zero attached hydrogens (tertiary/aromatic N) is 2. The molecule has 3 aromatic rings. The van der Waals surface area contributed by atoms with Crippen molar-refractivity contribution in [2.45, 2.75) is 19.3 Å². The van der Waals surface area contributed by atoms with Gasteiger partial charge in [0.15, 0.2) is 0 Å². The summed E-state index contributed by atoms with van der Waals surface area (Å²) in [4.78, 5) is 59.5. The van der Waals surface area contributed by atoms with Crippen LogP contribution in [0.5, 0.6) is 0 Å². The molecule has 0 N–H and O–H groups in total. The second kappa shape index (κ2) is 7.84. The number of aryl methyl sites for hydroxylation is 2. The number of carbonyl (C=O) groups is 4. The molecule has 4 amide bonds. The molecule has 2 saturated heterocycles. The minimum absolute atomic E-state index is 0.294. The Morgan fingerprint density at radius 2 is 1.03 bits per heavy atom. The van der Waals surface area contributed by atoms with E-state index in [4.69, 9.17) is 0 Å². The predicted octanol–water partition coefficient (Wildman–Crippen LogP) is 4.35. The second-order valence-electron chi connectivity index (χ2n) is 10.8. The number of amides is 4. The Morgan fingerprint density at radius 3 is 1.50 bits per heavy atom. The number of imide groups is 2. The van der Waals surface area contributed by atoms with Gasteiger partial charge in [-0.05, 0) is 42.7 Å². The lowest BCUT2D eigenvalue weighted by molar-refractivity contribution is -0.140. The van der Waals surface area contributed by atoms with Crippen molar-refractivity contribution in [3.8, 4) is 0 Å². The largest absolute Gasteiger partial charge is 0.274 e. The van der Waals surface area contributed by atoms with E-state index in [1.165, 1.54) is 9.80 Å². The van der Waals surface area contributed by atoms with Crippen LogP contribution in [-0.2, 0) is 24.6 Å². The third-order valence-corrected chi connectivity index (χ3v) is 9.14. The Kier molecular flexibility index (Phi) is 4.71. The summed E-state index contributed by atoms with van der Waals surface area (Å²) < 4.78 is 0. The van der Waals surface area contributed by atoms with E-state index in [0.29, 0.717) is 11.4 Å². The van der Waals surface area contributed by atoms with Gasteiger partial charge in [-0.2, -0.15) is 0 Å². The Labute approximate surface area is 220 Å². The number of carbonyl (C=O) groups excluding carboxylic acids is 4. The van der Waals surface area contributed by atoms with Crippen molar-refractivity contribution >= 4 is 35.0 Å². The van der Waals surface area contributed by atoms with Crippen molar-refractivity contribution in [3.63, 3.8) is 0 Å². The number of hydrogen-bond acceptors (Lipinski definition) is 4. The van der Waals surface area contributed by atoms with E-state index in [2.05, 4.69) is 0 Å². The third kappa shape index (κ3) is 2.67. The third-order valence-electron chi connectivity index (χ3n) is 9.14. The van der Waals surface area contributed by atoms with Crippen LogP contribution in [0.3, 0.4) is 0 Å². The van der Waals surface area contributed by atoms with Gasteiger partial charge in [0.05, 0.1) is 35.0 Å². The van der Waals surface area contributed by atoms with Crippen LogP contribution in [0, 0.1) is 43.4 Å². The van der Waals surface area contributed by atoms with Crippen LogP contribution in [0.1, 0.15) is 16.7 Å². The molecule has 0 spiro atoms. The molecule has 3 aromatic carbocycles. The van der Waals surface area contributed by atoms with Crippen molar-refractivity contribution in [1.82, 2.24) is 0 Å². The molecule has 2 heterocycles. The molecule has 6 atom stereocenters. The van der Waals surface area contributed by atoms with Gasteiger partial charge in [0.2, 0.25) is 23.6 Å². The number of para-hydroxylation sites is 2. The molecule has 188 valence electrons. The first kappa shape index (κ1) is 22.8. The van der Waals surface area contributed by atoms with Gasteiger partial charge in [-0.3, -0.25) is 19.2 Å². The highest BCUT2D eigenvalue weighted by molar-refractivity contribution is 6.27. The van der Waals surface area contributed by atoms with Gasteiger partial charge < -0.3 is 0 Å². The lowest BCUT2D eigenvalue weighted by Gasteiger charge is -2.53. The van der Waals surface area contributed by atoms with Crippen LogP contribution in [0.2, 0.25) is 0 Å². The molecule has 3 fully saturated rings. The van der Waals surface area contributed by atoms with Gasteiger partial charge in [-0.15, -0.1) is 0 Å². The zero-order valence-electron chi connectivity index (χ0n) is 21.1. The normalized spacial score (nSPS) is 31.3. The zero-order valence-corrected chi connectivity index (χ0v) is 21.1. The standard InChI is InChI=1S/C32H26N2O4/c1-18-10-6-8-14-22(18)33-28(35)24-21-16-17-32(26(24)30(33)37,20-12-4-3-5-13-20)27-25(21)29(36)34(31(27)38)23-15-9-7-11-19(23)2/h3-17,21,24-27H,1-2H3/t21?,24-,25+,26-,27+,32?. The Hall–Kier alpha value is -4.32. The van der Waals surface area contributed by atoms with Gasteiger partial charge >= 0.3 is 0 Å². The predicted molar refractivity (Wildman–Crippen MR) is 142 cm³/mol. The van der Waals surface area contributed by atoms with Crippen molar-refractivity contribution in [3.05, 3.63) is 108 Å². The number of allylic oxidation sites excluding steroid dienone is 2. The summed E-state index contributed by atoms with van der Waals surface area (Å²) in [6.07, 6.45) is 3.88. The van der Waals surface area contributed by atoms with E-state index >= 15 is 0 Å². The fraction of sp³-hybridized carbons (Fsp3) is 0.250. The number of rotatable bonds is 3. The summed E-state index contributed by atoms with van der Waals surface area (Å²) in [6, 6.07) is 24.1. The molecule has 2 unspecified atom stereocenters. The quantitative estimate of drug-likeness (QED) is 0.394. The van der Waals surface area contributed by atoms with Gasteiger partial charge in [0.25, 0.3) is 0 Å². The topological polar surface area (TPSA) is 74.8 Å². The first-order valence-electron chi connectivity index (χ1n) is 13.0. The first-order valence-corrected chi connectivity index (χ1v) is 13.0. The molecule has 0 radical (unpaired) electrons. The molecule has 6 heteroatoms. The molecule has 2 bridgehead atoms. The van der Waals surface area contributed by atoms with E-state index in [-0.39, 0.29) is 23.6 Å². The van der Waals surface area contributed by atoms with Gasteiger partial charge in [-0.1, -0.05) is 78.9 Å². The lowest BCUT2D eigenvalue weighted by atomic mass is 9.45. The summed E-state index contributed by atoms with van der Waals surface area (Å²) in [5, 5.41) is 0. The van der Waals surface area contributed by atoms with Crippen molar-refractivity contribution < 1.29 is 19.2 Å². The smallest absolute Gasteiger partial charge is 0.238 e. The molecule has 8 rings (SSSR count). The number of benzene rings is 3. The minimum atomic E-state index is -1.11. The molecular formula is C32H26N2O4. The van der Waals surface area contributed by atoms with Gasteiger partial charge in [0, 0.05) is 11.3 Å². The highest BCUT2D eigenvalue weighted by Gasteiger charge is 2.75. The molecule has 6 nitrogen and oxygen atoms in total. The highest BCUT2D eigenvalue weighted by Crippen LogP contribution is 2.65. The summed E-state index contributed by atoms with van der Waals surface area (Å²) >= 11 is 0. The minimum Gasteiger partial charge on any atom is -0.274 e. The average Bonchev–Trinajstić information content (AvgIpc) is 3.37. The Morgan fingerprint density at radius 1 is 0.579 bits per heavy atom. The van der Waals surface area contributed by atoms with Gasteiger partial charge in [0.1, 0.15) is 0 Å². The summed E-state index contributed by atoms with van der Waals surface area (Å²) in [7, 11) is 0. The van der Waals surface area contributed by atoms with Crippen molar-refractivity contribution in [2.24, 2.45) is 29.6 Å². The molecule has 3 aliphatic carbocycles. The monoisotopic (exact) mass is 502 g/mol. The van der Waals surface area contributed by atoms with Crippen LogP contribution in [0.4, 0.5) is 11.4 Å². The maximum absolute atomic E-state index is 14.3. The molecule has 1 saturated carbocycles. The van der Waals surface area contributed by atoms with E-state index in [1.807, 2.05) is 92.7 Å². The fourth-order valence-electron chi connectivity index (χ4n) is 7.58. The van der Waals surface area contributed by atoms with Gasteiger partial charge in [-0.25, -0.2) is 9.80 Å². The Bertz CT molecular complexity index is 1490. The van der Waals surface area contributed by atoms with Crippen molar-refractivity contribution in [2.75, 3.05) is 9.80 Å². The summed E-state index contributed by atoms with van der Waals surface area (Å²) in [5.41, 5.74) is 2.42. The second-order valence-corrected chi connectivity index (χ2v) is 10.8. The average molecular weight is 503 g/mol. The Balaban J connectivity index is 1.45. The maximum atomic E-state index is 14.3. The van der Waals surface area contributed by atoms with Crippen LogP contribution in [0.15, 0.2) is 91.0 Å². The highest BCUT2D eigenvalue weighted by atomic mass is 16.2. The number of hydrogen-bond donors (Lipinski definition) is 0. The van der Waals surface area contributed by atoms with E-state index < -0.39 is 35.0 Å². The van der Waals surface area contributed by atoms with Crippen LogP contribution in [0.25, 0.3) is 0 Å². The molecule has 38 heavy (non-hydrogen) atoms. The van der Waals surface area contributed by atoms with E-state index in [1.54, 1.807) is 12.1 Å². The van der Waals surface area contributed by atoms with E-state index in [0.717, 1.165) is 16.7 Å². The van der Waals surface area contributed by atoms with Crippen LogP contribution in [-0.4, -0.2) is 23.6 Å².